The maximum atomic E-state index is 15.0. The number of carbonyl (C=O) groups is 3. The Balaban J connectivity index is 1.45. The van der Waals surface area contributed by atoms with Gasteiger partial charge in [-0.3, -0.25) is 19.7 Å². The van der Waals surface area contributed by atoms with Crippen molar-refractivity contribution in [2.75, 3.05) is 25.7 Å². The standard InChI is InChI=1S/C36H32N2O6/c1-42-25-19-17-24(18-20-25)38-31(28(34(38)40)22-11-5-3-6-12-22)32-36(21-44-27-16-10-9-15-26(27)33(36)39)29(23-13-7-4-8-14-23)30(37-32)35(41)43-2/h3-20,28-32,37H,21H2,1-2H3/t28-,29-,30+,31-,32+,36+/m0/s1. The van der Waals surface area contributed by atoms with Crippen molar-refractivity contribution in [3.63, 3.8) is 0 Å². The van der Waals surface area contributed by atoms with E-state index in [4.69, 9.17) is 14.2 Å². The lowest BCUT2D eigenvalue weighted by atomic mass is 9.59. The first kappa shape index (κ1) is 27.9. The zero-order valence-corrected chi connectivity index (χ0v) is 24.4. The Bertz CT molecular complexity index is 1710. The molecule has 8 nitrogen and oxygen atoms in total. The molecule has 0 radical (unpaired) electrons. The highest BCUT2D eigenvalue weighted by Crippen LogP contribution is 2.57. The predicted molar refractivity (Wildman–Crippen MR) is 164 cm³/mol. The maximum Gasteiger partial charge on any atom is 0.323 e. The number of β-lactam (4-membered cyclic amide) rings is 1. The fourth-order valence-corrected chi connectivity index (χ4v) is 7.46. The molecule has 8 heteroatoms. The number of carbonyl (C=O) groups excluding carboxylic acids is 3. The summed E-state index contributed by atoms with van der Waals surface area (Å²) in [5, 5.41) is 3.56. The van der Waals surface area contributed by atoms with Crippen molar-refractivity contribution >= 4 is 23.3 Å². The number of benzene rings is 4. The molecule has 4 aromatic rings. The maximum absolute atomic E-state index is 15.0. The van der Waals surface area contributed by atoms with E-state index in [1.165, 1.54) is 7.11 Å². The molecule has 0 bridgehead atoms. The Morgan fingerprint density at radius 1 is 0.841 bits per heavy atom. The number of amides is 1. The van der Waals surface area contributed by atoms with Crippen molar-refractivity contribution in [2.24, 2.45) is 5.41 Å². The summed E-state index contributed by atoms with van der Waals surface area (Å²) in [5.41, 5.74) is 1.53. The van der Waals surface area contributed by atoms with Crippen LogP contribution in [0.3, 0.4) is 0 Å². The number of ketones is 1. The zero-order valence-electron chi connectivity index (χ0n) is 24.4. The lowest BCUT2D eigenvalue weighted by Gasteiger charge is -2.54. The molecule has 1 spiro atoms. The fraction of sp³-hybridized carbons (Fsp3) is 0.250. The second-order valence-electron chi connectivity index (χ2n) is 11.5. The highest BCUT2D eigenvalue weighted by Gasteiger charge is 2.70. The predicted octanol–water partition coefficient (Wildman–Crippen LogP) is 4.75. The fourth-order valence-electron chi connectivity index (χ4n) is 7.46. The van der Waals surface area contributed by atoms with Crippen LogP contribution in [0.1, 0.15) is 33.3 Å². The average Bonchev–Trinajstić information content (AvgIpc) is 3.41. The van der Waals surface area contributed by atoms with Crippen molar-refractivity contribution < 1.29 is 28.6 Å². The Morgan fingerprint density at radius 3 is 2.14 bits per heavy atom. The molecule has 0 aromatic heterocycles. The molecule has 7 rings (SSSR count). The van der Waals surface area contributed by atoms with E-state index >= 15 is 0 Å². The van der Waals surface area contributed by atoms with Gasteiger partial charge in [-0.15, -0.1) is 0 Å². The number of para-hydroxylation sites is 1. The van der Waals surface area contributed by atoms with Gasteiger partial charge in [0.1, 0.15) is 24.1 Å². The van der Waals surface area contributed by atoms with Crippen LogP contribution in [0.2, 0.25) is 0 Å². The van der Waals surface area contributed by atoms with E-state index in [1.807, 2.05) is 97.1 Å². The first-order valence-electron chi connectivity index (χ1n) is 14.7. The number of hydrogen-bond donors (Lipinski definition) is 1. The van der Waals surface area contributed by atoms with E-state index in [2.05, 4.69) is 5.32 Å². The molecule has 2 fully saturated rings. The van der Waals surface area contributed by atoms with Crippen LogP contribution in [-0.4, -0.2) is 56.6 Å². The average molecular weight is 589 g/mol. The number of nitrogens with zero attached hydrogens (tertiary/aromatic N) is 1. The number of esters is 1. The Kier molecular flexibility index (Phi) is 6.94. The third kappa shape index (κ3) is 4.12. The Hall–Kier alpha value is -4.95. The van der Waals surface area contributed by atoms with Gasteiger partial charge in [-0.25, -0.2) is 0 Å². The van der Waals surface area contributed by atoms with Crippen LogP contribution in [-0.2, 0) is 14.3 Å². The summed E-state index contributed by atoms with van der Waals surface area (Å²) in [6, 6.07) is 31.6. The SMILES string of the molecule is COC(=O)[C@@H]1N[C@H]([C@@H]2[C@H](c3ccccc3)C(=O)N2c2ccc(OC)cc2)[C@@]2(COc3ccccc3C2=O)[C@H]1c1ccccc1. The van der Waals surface area contributed by atoms with Gasteiger partial charge in [0.2, 0.25) is 5.91 Å². The number of Topliss-reactive ketones (excluding diaryl/α,β-unsaturated/α-hetero) is 1. The summed E-state index contributed by atoms with van der Waals surface area (Å²) < 4.78 is 17.1. The summed E-state index contributed by atoms with van der Waals surface area (Å²) in [6.07, 6.45) is 0. The lowest BCUT2D eigenvalue weighted by Crippen LogP contribution is -2.71. The van der Waals surface area contributed by atoms with Gasteiger partial charge in [-0.05, 0) is 47.5 Å². The quantitative estimate of drug-likeness (QED) is 0.257. The van der Waals surface area contributed by atoms with Gasteiger partial charge >= 0.3 is 5.97 Å². The van der Waals surface area contributed by atoms with Crippen LogP contribution >= 0.6 is 0 Å². The van der Waals surface area contributed by atoms with Gasteiger partial charge in [0.05, 0.1) is 37.2 Å². The Morgan fingerprint density at radius 2 is 1.48 bits per heavy atom. The van der Waals surface area contributed by atoms with E-state index in [9.17, 15) is 14.4 Å². The molecule has 0 saturated carbocycles. The minimum Gasteiger partial charge on any atom is -0.497 e. The molecule has 6 atom stereocenters. The topological polar surface area (TPSA) is 94.2 Å². The highest BCUT2D eigenvalue weighted by molar-refractivity contribution is 6.09. The van der Waals surface area contributed by atoms with Gasteiger partial charge in [0.15, 0.2) is 5.78 Å². The van der Waals surface area contributed by atoms with Gasteiger partial charge in [0, 0.05) is 17.6 Å². The van der Waals surface area contributed by atoms with E-state index in [1.54, 1.807) is 24.1 Å². The molecule has 2 saturated heterocycles. The molecule has 0 unspecified atom stereocenters. The molecular weight excluding hydrogens is 556 g/mol. The minimum atomic E-state index is -1.25. The molecule has 222 valence electrons. The van der Waals surface area contributed by atoms with E-state index in [0.29, 0.717) is 22.7 Å². The van der Waals surface area contributed by atoms with E-state index < -0.39 is 41.3 Å². The number of nitrogens with one attached hydrogen (secondary N) is 1. The van der Waals surface area contributed by atoms with Gasteiger partial charge in [0.25, 0.3) is 0 Å². The van der Waals surface area contributed by atoms with Crippen molar-refractivity contribution in [1.82, 2.24) is 5.32 Å². The van der Waals surface area contributed by atoms with Crippen molar-refractivity contribution in [3.8, 4) is 11.5 Å². The molecule has 44 heavy (non-hydrogen) atoms. The smallest absolute Gasteiger partial charge is 0.323 e. The summed E-state index contributed by atoms with van der Waals surface area (Å²) in [7, 11) is 2.94. The number of methoxy groups -OCH3 is 2. The molecule has 1 N–H and O–H groups in total. The van der Waals surface area contributed by atoms with E-state index in [0.717, 1.165) is 11.1 Å². The minimum absolute atomic E-state index is 0.0240. The van der Waals surface area contributed by atoms with Crippen LogP contribution in [0.4, 0.5) is 5.69 Å². The van der Waals surface area contributed by atoms with E-state index in [-0.39, 0.29) is 18.3 Å². The number of rotatable bonds is 6. The third-order valence-electron chi connectivity index (χ3n) is 9.43. The summed E-state index contributed by atoms with van der Waals surface area (Å²) in [6.45, 7) is 0.0240. The summed E-state index contributed by atoms with van der Waals surface area (Å²) in [5.74, 6) is -0.728. The first-order chi connectivity index (χ1) is 21.5. The second-order valence-corrected chi connectivity index (χ2v) is 11.5. The van der Waals surface area contributed by atoms with Crippen molar-refractivity contribution in [3.05, 3.63) is 126 Å². The van der Waals surface area contributed by atoms with Crippen LogP contribution in [0.25, 0.3) is 0 Å². The summed E-state index contributed by atoms with van der Waals surface area (Å²) >= 11 is 0. The largest absolute Gasteiger partial charge is 0.497 e. The van der Waals surface area contributed by atoms with Crippen molar-refractivity contribution in [1.29, 1.82) is 0 Å². The number of fused-ring (bicyclic) bond motifs is 1. The zero-order chi connectivity index (χ0) is 30.4. The molecule has 3 heterocycles. The third-order valence-corrected chi connectivity index (χ3v) is 9.43. The van der Waals surface area contributed by atoms with Crippen LogP contribution in [0, 0.1) is 5.41 Å². The Labute approximate surface area is 255 Å². The number of hydrogen-bond acceptors (Lipinski definition) is 7. The van der Waals surface area contributed by atoms with Gasteiger partial charge in [-0.2, -0.15) is 0 Å². The van der Waals surface area contributed by atoms with Gasteiger partial charge < -0.3 is 19.1 Å². The monoisotopic (exact) mass is 588 g/mol. The lowest BCUT2D eigenvalue weighted by molar-refractivity contribution is -0.143. The van der Waals surface area contributed by atoms with Crippen LogP contribution < -0.4 is 19.7 Å². The molecule has 1 amide bonds. The van der Waals surface area contributed by atoms with Crippen LogP contribution in [0.15, 0.2) is 109 Å². The molecule has 4 aromatic carbocycles. The first-order valence-corrected chi connectivity index (χ1v) is 14.7. The highest BCUT2D eigenvalue weighted by atomic mass is 16.5. The second kappa shape index (κ2) is 11.0. The number of anilines is 1. The molecular formula is C36H32N2O6. The summed E-state index contributed by atoms with van der Waals surface area (Å²) in [4.78, 5) is 44.4. The van der Waals surface area contributed by atoms with Crippen molar-refractivity contribution in [2.45, 2.75) is 30.0 Å². The van der Waals surface area contributed by atoms with Crippen LogP contribution in [0.5, 0.6) is 11.5 Å². The molecule has 3 aliphatic heterocycles. The number of ether oxygens (including phenoxy) is 3. The molecule has 3 aliphatic rings. The normalized spacial score (nSPS) is 27.3. The molecule has 0 aliphatic carbocycles. The van der Waals surface area contributed by atoms with Gasteiger partial charge in [-0.1, -0.05) is 72.8 Å².